The highest BCUT2D eigenvalue weighted by Gasteiger charge is 2.62. The maximum absolute atomic E-state index is 13.2. The predicted octanol–water partition coefficient (Wildman–Crippen LogP) is 3.87. The highest BCUT2D eigenvalue weighted by molar-refractivity contribution is 6.24. The Labute approximate surface area is 143 Å². The molecule has 1 aromatic rings. The molecule has 1 saturated heterocycles. The van der Waals surface area contributed by atoms with Crippen molar-refractivity contribution < 1.29 is 9.59 Å². The standard InChI is InChI=1S/C21H23NO2/c1-10(2)16-14-6-7-15(16)18-17(14)20(23)22(21(18)24)19-12(4)8-11(3)9-13(19)5/h6-9,14-15,17-18H,1-5H3/t14-,15+,17-,18-/m0/s1. The van der Waals surface area contributed by atoms with Gasteiger partial charge in [0.1, 0.15) is 0 Å². The molecule has 1 heterocycles. The van der Waals surface area contributed by atoms with Gasteiger partial charge in [-0.2, -0.15) is 0 Å². The summed E-state index contributed by atoms with van der Waals surface area (Å²) in [7, 11) is 0. The van der Waals surface area contributed by atoms with Crippen LogP contribution in [0.4, 0.5) is 5.69 Å². The summed E-state index contributed by atoms with van der Waals surface area (Å²) in [6.07, 6.45) is 4.27. The van der Waals surface area contributed by atoms with E-state index in [1.807, 2.05) is 32.9 Å². The Morgan fingerprint density at radius 1 is 0.875 bits per heavy atom. The van der Waals surface area contributed by atoms with Gasteiger partial charge in [-0.15, -0.1) is 0 Å². The minimum Gasteiger partial charge on any atom is -0.274 e. The number of hydrogen-bond donors (Lipinski definition) is 0. The molecule has 0 radical (unpaired) electrons. The van der Waals surface area contributed by atoms with E-state index < -0.39 is 0 Å². The lowest BCUT2D eigenvalue weighted by Crippen LogP contribution is -2.34. The van der Waals surface area contributed by atoms with Crippen molar-refractivity contribution in [3.05, 3.63) is 52.1 Å². The summed E-state index contributed by atoms with van der Waals surface area (Å²) < 4.78 is 0. The van der Waals surface area contributed by atoms with Crippen molar-refractivity contribution in [1.82, 2.24) is 0 Å². The average Bonchev–Trinajstić information content (AvgIpc) is 3.11. The second kappa shape index (κ2) is 4.92. The van der Waals surface area contributed by atoms with Crippen molar-refractivity contribution in [2.45, 2.75) is 34.6 Å². The number of fused-ring (bicyclic) bond motifs is 5. The van der Waals surface area contributed by atoms with E-state index >= 15 is 0 Å². The van der Waals surface area contributed by atoms with Gasteiger partial charge >= 0.3 is 0 Å². The molecule has 2 bridgehead atoms. The third kappa shape index (κ3) is 1.78. The Bertz CT molecular complexity index is 784. The molecule has 2 fully saturated rings. The first-order chi connectivity index (χ1) is 11.3. The topological polar surface area (TPSA) is 37.4 Å². The summed E-state index contributed by atoms with van der Waals surface area (Å²) in [4.78, 5) is 27.9. The van der Waals surface area contributed by atoms with Crippen molar-refractivity contribution >= 4 is 17.5 Å². The molecule has 2 amide bonds. The third-order valence-corrected chi connectivity index (χ3v) is 5.85. The van der Waals surface area contributed by atoms with Gasteiger partial charge in [0.05, 0.1) is 17.5 Å². The molecule has 3 nitrogen and oxygen atoms in total. The number of carbonyl (C=O) groups excluding carboxylic acids is 2. The van der Waals surface area contributed by atoms with Crippen LogP contribution in [0.2, 0.25) is 0 Å². The molecule has 2 aliphatic carbocycles. The van der Waals surface area contributed by atoms with Gasteiger partial charge in [-0.3, -0.25) is 9.59 Å². The molecule has 4 atom stereocenters. The van der Waals surface area contributed by atoms with E-state index in [0.29, 0.717) is 0 Å². The van der Waals surface area contributed by atoms with E-state index in [-0.39, 0.29) is 35.5 Å². The van der Waals surface area contributed by atoms with Crippen molar-refractivity contribution in [1.29, 1.82) is 0 Å². The molecule has 1 saturated carbocycles. The monoisotopic (exact) mass is 321 g/mol. The Morgan fingerprint density at radius 3 is 1.75 bits per heavy atom. The van der Waals surface area contributed by atoms with Crippen LogP contribution in [0.1, 0.15) is 30.5 Å². The van der Waals surface area contributed by atoms with Gasteiger partial charge in [0, 0.05) is 11.8 Å². The molecule has 4 rings (SSSR count). The van der Waals surface area contributed by atoms with Gasteiger partial charge in [0.15, 0.2) is 0 Å². The highest BCUT2D eigenvalue weighted by Crippen LogP contribution is 2.57. The van der Waals surface area contributed by atoms with Gasteiger partial charge in [-0.1, -0.05) is 41.0 Å². The third-order valence-electron chi connectivity index (χ3n) is 5.85. The fourth-order valence-corrected chi connectivity index (χ4v) is 5.18. The molecule has 24 heavy (non-hydrogen) atoms. The normalized spacial score (nSPS) is 30.5. The molecule has 1 aliphatic heterocycles. The Hall–Kier alpha value is -2.16. The zero-order valence-corrected chi connectivity index (χ0v) is 14.9. The van der Waals surface area contributed by atoms with Crippen molar-refractivity contribution in [2.24, 2.45) is 23.7 Å². The van der Waals surface area contributed by atoms with Crippen LogP contribution < -0.4 is 4.90 Å². The molecule has 0 unspecified atom stereocenters. The molecule has 0 N–H and O–H groups in total. The number of benzene rings is 1. The van der Waals surface area contributed by atoms with Crippen LogP contribution in [0.3, 0.4) is 0 Å². The second-order valence-corrected chi connectivity index (χ2v) is 7.70. The lowest BCUT2D eigenvalue weighted by molar-refractivity contribution is -0.123. The number of anilines is 1. The maximum atomic E-state index is 13.2. The summed E-state index contributed by atoms with van der Waals surface area (Å²) in [6, 6.07) is 4.09. The molecule has 3 heteroatoms. The van der Waals surface area contributed by atoms with Crippen molar-refractivity contribution in [3.63, 3.8) is 0 Å². The second-order valence-electron chi connectivity index (χ2n) is 7.70. The summed E-state index contributed by atoms with van der Waals surface area (Å²) in [6.45, 7) is 10.2. The number of rotatable bonds is 1. The first-order valence-corrected chi connectivity index (χ1v) is 8.64. The van der Waals surface area contributed by atoms with Gasteiger partial charge < -0.3 is 0 Å². The van der Waals surface area contributed by atoms with Crippen LogP contribution in [-0.4, -0.2) is 11.8 Å². The molecular weight excluding hydrogens is 298 g/mol. The van der Waals surface area contributed by atoms with Gasteiger partial charge in [-0.05, 0) is 45.7 Å². The van der Waals surface area contributed by atoms with Crippen LogP contribution >= 0.6 is 0 Å². The number of aryl methyl sites for hydroxylation is 3. The Balaban J connectivity index is 1.82. The quantitative estimate of drug-likeness (QED) is 0.581. The molecular formula is C21H23NO2. The van der Waals surface area contributed by atoms with Gasteiger partial charge in [0.25, 0.3) is 0 Å². The summed E-state index contributed by atoms with van der Waals surface area (Å²) in [5.41, 5.74) is 6.49. The minimum atomic E-state index is -0.211. The SMILES string of the molecule is CC(C)=C1[C@H]2C=C[C@@H]1[C@@H]1C(=O)N(c3c(C)cc(C)cc3C)C(=O)[C@H]12. The van der Waals surface area contributed by atoms with E-state index in [4.69, 9.17) is 0 Å². The molecule has 3 aliphatic rings. The van der Waals surface area contributed by atoms with E-state index in [1.165, 1.54) is 16.0 Å². The number of carbonyl (C=O) groups is 2. The van der Waals surface area contributed by atoms with E-state index in [1.54, 1.807) is 0 Å². The largest absolute Gasteiger partial charge is 0.274 e. The fourth-order valence-electron chi connectivity index (χ4n) is 5.18. The number of imide groups is 1. The number of amides is 2. The maximum Gasteiger partial charge on any atom is 0.238 e. The lowest BCUT2D eigenvalue weighted by Gasteiger charge is -2.23. The predicted molar refractivity (Wildman–Crippen MR) is 94.6 cm³/mol. The molecule has 124 valence electrons. The minimum absolute atomic E-state index is 0.0179. The zero-order valence-electron chi connectivity index (χ0n) is 14.9. The Morgan fingerprint density at radius 2 is 1.33 bits per heavy atom. The van der Waals surface area contributed by atoms with Crippen LogP contribution in [0.25, 0.3) is 0 Å². The lowest BCUT2D eigenvalue weighted by atomic mass is 9.85. The first kappa shape index (κ1) is 15.4. The van der Waals surface area contributed by atoms with E-state index in [2.05, 4.69) is 26.0 Å². The van der Waals surface area contributed by atoms with E-state index in [9.17, 15) is 9.59 Å². The fraction of sp³-hybridized carbons (Fsp3) is 0.429. The highest BCUT2D eigenvalue weighted by atomic mass is 16.2. The first-order valence-electron chi connectivity index (χ1n) is 8.64. The zero-order chi connectivity index (χ0) is 17.3. The number of hydrogen-bond acceptors (Lipinski definition) is 2. The summed E-state index contributed by atoms with van der Waals surface area (Å²) in [5.74, 6) is -0.240. The van der Waals surface area contributed by atoms with Crippen LogP contribution in [0.15, 0.2) is 35.4 Å². The van der Waals surface area contributed by atoms with Crippen LogP contribution in [-0.2, 0) is 9.59 Å². The molecule has 0 aromatic heterocycles. The number of allylic oxidation sites excluding steroid dienone is 4. The molecule has 0 spiro atoms. The van der Waals surface area contributed by atoms with Crippen molar-refractivity contribution in [2.75, 3.05) is 4.90 Å². The number of nitrogens with zero attached hydrogens (tertiary/aromatic N) is 1. The average molecular weight is 321 g/mol. The summed E-state index contributed by atoms with van der Waals surface area (Å²) in [5, 5.41) is 0. The van der Waals surface area contributed by atoms with E-state index in [0.717, 1.165) is 22.4 Å². The smallest absolute Gasteiger partial charge is 0.238 e. The van der Waals surface area contributed by atoms with Gasteiger partial charge in [0.2, 0.25) is 11.8 Å². The van der Waals surface area contributed by atoms with Crippen LogP contribution in [0, 0.1) is 44.4 Å². The molecule has 1 aromatic carbocycles. The van der Waals surface area contributed by atoms with Gasteiger partial charge in [-0.25, -0.2) is 4.90 Å². The van der Waals surface area contributed by atoms with Crippen molar-refractivity contribution in [3.8, 4) is 0 Å². The summed E-state index contributed by atoms with van der Waals surface area (Å²) >= 11 is 0. The van der Waals surface area contributed by atoms with Crippen LogP contribution in [0.5, 0.6) is 0 Å². The Kier molecular flexibility index (Phi) is 3.15.